The number of rotatable bonds is 5. The van der Waals surface area contributed by atoms with Crippen LogP contribution in [0.2, 0.25) is 0 Å². The molecule has 0 aliphatic carbocycles. The van der Waals surface area contributed by atoms with Gasteiger partial charge in [0.25, 0.3) is 0 Å². The van der Waals surface area contributed by atoms with Crippen LogP contribution in [0.5, 0.6) is 0 Å². The van der Waals surface area contributed by atoms with Gasteiger partial charge in [-0.1, -0.05) is 32.4 Å². The molecule has 1 aromatic carbocycles. The summed E-state index contributed by atoms with van der Waals surface area (Å²) >= 11 is 1.62. The number of nitrogens with one attached hydrogen (secondary N) is 1. The van der Waals surface area contributed by atoms with Gasteiger partial charge in [0, 0.05) is 34.9 Å². The lowest BCUT2D eigenvalue weighted by atomic mass is 10.1. The highest BCUT2D eigenvalue weighted by Gasteiger charge is 2.12. The third-order valence-corrected chi connectivity index (χ3v) is 4.48. The van der Waals surface area contributed by atoms with Crippen LogP contribution in [0.1, 0.15) is 26.7 Å². The second-order valence-electron chi connectivity index (χ2n) is 5.48. The maximum absolute atomic E-state index is 12.0. The molecule has 4 nitrogen and oxygen atoms in total. The Labute approximate surface area is 133 Å². The summed E-state index contributed by atoms with van der Waals surface area (Å²) in [6.07, 6.45) is 5.95. The number of anilines is 1. The van der Waals surface area contributed by atoms with E-state index >= 15 is 0 Å². The van der Waals surface area contributed by atoms with E-state index in [0.717, 1.165) is 34.7 Å². The first-order chi connectivity index (χ1) is 10.7. The number of hydrogen-bond donors (Lipinski definition) is 1. The van der Waals surface area contributed by atoms with Crippen molar-refractivity contribution in [3.05, 3.63) is 42.0 Å². The summed E-state index contributed by atoms with van der Waals surface area (Å²) in [5.41, 5.74) is 2.83. The van der Waals surface area contributed by atoms with E-state index in [1.807, 2.05) is 53.4 Å². The highest BCUT2D eigenvalue weighted by Crippen LogP contribution is 2.23. The van der Waals surface area contributed by atoms with Crippen molar-refractivity contribution in [2.24, 2.45) is 5.92 Å². The van der Waals surface area contributed by atoms with Gasteiger partial charge in [0.05, 0.1) is 5.69 Å². The average molecular weight is 313 g/mol. The molecule has 0 saturated heterocycles. The largest absolute Gasteiger partial charge is 0.326 e. The molecule has 0 bridgehead atoms. The summed E-state index contributed by atoms with van der Waals surface area (Å²) in [5.74, 6) is 0.127. The number of aromatic nitrogens is 2. The summed E-state index contributed by atoms with van der Waals surface area (Å²) < 4.78 is 2.02. The number of imidazole rings is 1. The van der Waals surface area contributed by atoms with Gasteiger partial charge in [-0.15, -0.1) is 11.3 Å². The molecule has 1 atom stereocenters. The summed E-state index contributed by atoms with van der Waals surface area (Å²) in [6, 6.07) is 7.85. The predicted octanol–water partition coefficient (Wildman–Crippen LogP) is 4.44. The molecular weight excluding hydrogens is 294 g/mol. The van der Waals surface area contributed by atoms with Crippen LogP contribution >= 0.6 is 11.3 Å². The zero-order valence-electron chi connectivity index (χ0n) is 12.7. The second kappa shape index (κ2) is 6.32. The van der Waals surface area contributed by atoms with Crippen LogP contribution in [0.4, 0.5) is 5.69 Å². The van der Waals surface area contributed by atoms with Gasteiger partial charge in [-0.25, -0.2) is 4.98 Å². The standard InChI is InChI=1S/C17H19N3OS/c1-3-4-12(2)16(21)18-14-7-5-13(6-8-14)15-11-20-9-10-22-17(20)19-15/h5-12H,3-4H2,1-2H3,(H,18,21). The Bertz CT molecular complexity index is 744. The molecule has 2 heterocycles. The van der Waals surface area contributed by atoms with Crippen molar-refractivity contribution in [3.63, 3.8) is 0 Å². The van der Waals surface area contributed by atoms with Crippen molar-refractivity contribution < 1.29 is 4.79 Å². The molecule has 3 aromatic rings. The van der Waals surface area contributed by atoms with Gasteiger partial charge in [-0.2, -0.15) is 0 Å². The van der Waals surface area contributed by atoms with E-state index in [2.05, 4.69) is 17.2 Å². The normalized spacial score (nSPS) is 12.5. The SMILES string of the molecule is CCCC(C)C(=O)Nc1ccc(-c2cn3ccsc3n2)cc1. The van der Waals surface area contributed by atoms with Crippen molar-refractivity contribution in [3.8, 4) is 11.3 Å². The molecule has 114 valence electrons. The highest BCUT2D eigenvalue weighted by atomic mass is 32.1. The lowest BCUT2D eigenvalue weighted by Gasteiger charge is -2.11. The van der Waals surface area contributed by atoms with Gasteiger partial charge in [0.1, 0.15) is 0 Å². The number of nitrogens with zero attached hydrogens (tertiary/aromatic N) is 2. The van der Waals surface area contributed by atoms with E-state index in [9.17, 15) is 4.79 Å². The average Bonchev–Trinajstić information content (AvgIpc) is 3.09. The second-order valence-corrected chi connectivity index (χ2v) is 6.35. The predicted molar refractivity (Wildman–Crippen MR) is 91.2 cm³/mol. The molecule has 0 aliphatic rings. The van der Waals surface area contributed by atoms with E-state index in [1.165, 1.54) is 0 Å². The van der Waals surface area contributed by atoms with Crippen LogP contribution in [-0.4, -0.2) is 15.3 Å². The molecule has 5 heteroatoms. The first-order valence-corrected chi connectivity index (χ1v) is 8.39. The zero-order chi connectivity index (χ0) is 15.5. The maximum atomic E-state index is 12.0. The fraction of sp³-hybridized carbons (Fsp3) is 0.294. The number of hydrogen-bond acceptors (Lipinski definition) is 3. The van der Waals surface area contributed by atoms with Crippen molar-refractivity contribution in [2.75, 3.05) is 5.32 Å². The van der Waals surface area contributed by atoms with Crippen molar-refractivity contribution in [2.45, 2.75) is 26.7 Å². The first-order valence-electron chi connectivity index (χ1n) is 7.51. The van der Waals surface area contributed by atoms with E-state index < -0.39 is 0 Å². The van der Waals surface area contributed by atoms with Gasteiger partial charge in [0.15, 0.2) is 4.96 Å². The molecule has 0 aliphatic heterocycles. The van der Waals surface area contributed by atoms with Crippen LogP contribution < -0.4 is 5.32 Å². The number of fused-ring (bicyclic) bond motifs is 1. The number of thiazole rings is 1. The van der Waals surface area contributed by atoms with Crippen LogP contribution in [0, 0.1) is 5.92 Å². The monoisotopic (exact) mass is 313 g/mol. The van der Waals surface area contributed by atoms with Crippen LogP contribution in [0.25, 0.3) is 16.2 Å². The minimum absolute atomic E-state index is 0.0459. The van der Waals surface area contributed by atoms with Crippen molar-refractivity contribution >= 4 is 27.9 Å². The molecule has 2 aromatic heterocycles. The molecule has 22 heavy (non-hydrogen) atoms. The summed E-state index contributed by atoms with van der Waals surface area (Å²) in [5, 5.41) is 4.98. The fourth-order valence-electron chi connectivity index (χ4n) is 2.42. The summed E-state index contributed by atoms with van der Waals surface area (Å²) in [7, 11) is 0. The fourth-order valence-corrected chi connectivity index (χ4v) is 3.12. The van der Waals surface area contributed by atoms with Gasteiger partial charge in [0.2, 0.25) is 5.91 Å². The lowest BCUT2D eigenvalue weighted by Crippen LogP contribution is -2.20. The topological polar surface area (TPSA) is 46.4 Å². The third kappa shape index (κ3) is 3.04. The minimum Gasteiger partial charge on any atom is -0.326 e. The molecule has 0 saturated carbocycles. The van der Waals surface area contributed by atoms with E-state index in [1.54, 1.807) is 11.3 Å². The minimum atomic E-state index is 0.0459. The Kier molecular flexibility index (Phi) is 4.24. The van der Waals surface area contributed by atoms with Crippen molar-refractivity contribution in [1.29, 1.82) is 0 Å². The van der Waals surface area contributed by atoms with Gasteiger partial charge < -0.3 is 5.32 Å². The third-order valence-electron chi connectivity index (χ3n) is 3.71. The molecule has 1 amide bonds. The van der Waals surface area contributed by atoms with Crippen molar-refractivity contribution in [1.82, 2.24) is 9.38 Å². The number of amides is 1. The quantitative estimate of drug-likeness (QED) is 0.757. The number of carbonyl (C=O) groups excluding carboxylic acids is 1. The Morgan fingerprint density at radius 2 is 2.14 bits per heavy atom. The highest BCUT2D eigenvalue weighted by molar-refractivity contribution is 7.15. The Balaban J connectivity index is 1.72. The zero-order valence-corrected chi connectivity index (χ0v) is 13.6. The van der Waals surface area contributed by atoms with E-state index in [0.29, 0.717) is 0 Å². The number of carbonyl (C=O) groups is 1. The summed E-state index contributed by atoms with van der Waals surface area (Å²) in [6.45, 7) is 4.05. The van der Waals surface area contributed by atoms with Gasteiger partial charge >= 0.3 is 0 Å². The molecule has 1 N–H and O–H groups in total. The maximum Gasteiger partial charge on any atom is 0.227 e. The van der Waals surface area contributed by atoms with Crippen LogP contribution in [-0.2, 0) is 4.79 Å². The molecule has 0 spiro atoms. The molecular formula is C17H19N3OS. The van der Waals surface area contributed by atoms with Crippen LogP contribution in [0.3, 0.4) is 0 Å². The Morgan fingerprint density at radius 3 is 2.82 bits per heavy atom. The Hall–Kier alpha value is -2.14. The van der Waals surface area contributed by atoms with Gasteiger partial charge in [-0.3, -0.25) is 9.20 Å². The molecule has 0 fully saturated rings. The van der Waals surface area contributed by atoms with E-state index in [4.69, 9.17) is 0 Å². The molecule has 1 unspecified atom stereocenters. The summed E-state index contributed by atoms with van der Waals surface area (Å²) in [4.78, 5) is 17.6. The number of benzene rings is 1. The Morgan fingerprint density at radius 1 is 1.36 bits per heavy atom. The van der Waals surface area contributed by atoms with E-state index in [-0.39, 0.29) is 11.8 Å². The molecule has 0 radical (unpaired) electrons. The van der Waals surface area contributed by atoms with Gasteiger partial charge in [-0.05, 0) is 18.6 Å². The lowest BCUT2D eigenvalue weighted by molar-refractivity contribution is -0.119. The van der Waals surface area contributed by atoms with Crippen LogP contribution in [0.15, 0.2) is 42.0 Å². The first kappa shape index (κ1) is 14.8. The smallest absolute Gasteiger partial charge is 0.227 e. The molecule has 3 rings (SSSR count).